The van der Waals surface area contributed by atoms with Crippen molar-refractivity contribution in [1.82, 2.24) is 10.2 Å². The topological polar surface area (TPSA) is 17.3 Å². The summed E-state index contributed by atoms with van der Waals surface area (Å²) in [6.07, 6.45) is 2.63. The van der Waals surface area contributed by atoms with Crippen LogP contribution in [0, 0.1) is 0 Å². The van der Waals surface area contributed by atoms with Gasteiger partial charge in [-0.3, -0.25) is 4.90 Å². The van der Waals surface area contributed by atoms with Gasteiger partial charge in [0, 0.05) is 25.2 Å². The first-order valence-electron chi connectivity index (χ1n) is 5.14. The van der Waals surface area contributed by atoms with Crippen molar-refractivity contribution in [3.63, 3.8) is 0 Å². The van der Waals surface area contributed by atoms with Gasteiger partial charge in [-0.05, 0) is 26.8 Å². The van der Waals surface area contributed by atoms with Crippen LogP contribution in [-0.2, 0) is 0 Å². The van der Waals surface area contributed by atoms with E-state index in [1.807, 2.05) is 0 Å². The molecule has 0 bridgehead atoms. The van der Waals surface area contributed by atoms with Crippen molar-refractivity contribution in [2.24, 2.45) is 0 Å². The van der Waals surface area contributed by atoms with E-state index in [2.05, 4.69) is 31.0 Å². The van der Waals surface area contributed by atoms with Crippen molar-refractivity contribution in [2.45, 2.75) is 45.7 Å². The number of nitrogens with zero attached hydrogens (tertiary/aromatic N) is 2. The van der Waals surface area contributed by atoms with E-state index in [1.165, 1.54) is 19.4 Å². The third-order valence-electron chi connectivity index (χ3n) is 2.69. The summed E-state index contributed by atoms with van der Waals surface area (Å²) in [5.41, 5.74) is 0. The number of hydrogen-bond donors (Lipinski definition) is 0. The molecule has 2 heteroatoms. The van der Waals surface area contributed by atoms with Crippen molar-refractivity contribution in [3.05, 3.63) is 0 Å². The Morgan fingerprint density at radius 1 is 1.25 bits per heavy atom. The molecule has 0 aromatic heterocycles. The quantitative estimate of drug-likeness (QED) is 0.625. The van der Waals surface area contributed by atoms with Gasteiger partial charge >= 0.3 is 0 Å². The molecule has 2 nitrogen and oxygen atoms in total. The molecule has 0 amide bonds. The van der Waals surface area contributed by atoms with Gasteiger partial charge in [0.1, 0.15) is 0 Å². The monoisotopic (exact) mass is 169 g/mol. The highest BCUT2D eigenvalue weighted by molar-refractivity contribution is 4.81. The Morgan fingerprint density at radius 3 is 2.33 bits per heavy atom. The van der Waals surface area contributed by atoms with E-state index < -0.39 is 0 Å². The smallest absolute Gasteiger partial charge is 0.0287 e. The van der Waals surface area contributed by atoms with E-state index >= 15 is 0 Å². The molecule has 1 rings (SSSR count). The molecule has 1 radical (unpaired) electrons. The highest BCUT2D eigenvalue weighted by Crippen LogP contribution is 2.11. The third-order valence-corrected chi connectivity index (χ3v) is 2.69. The Morgan fingerprint density at radius 2 is 1.83 bits per heavy atom. The van der Waals surface area contributed by atoms with Crippen LogP contribution < -0.4 is 5.32 Å². The number of piperazine rings is 1. The van der Waals surface area contributed by atoms with E-state index in [0.29, 0.717) is 12.1 Å². The van der Waals surface area contributed by atoms with Crippen molar-refractivity contribution >= 4 is 0 Å². The van der Waals surface area contributed by atoms with Gasteiger partial charge in [-0.2, -0.15) is 0 Å². The van der Waals surface area contributed by atoms with Crippen molar-refractivity contribution < 1.29 is 0 Å². The molecule has 12 heavy (non-hydrogen) atoms. The molecule has 0 aromatic carbocycles. The van der Waals surface area contributed by atoms with Gasteiger partial charge in [0.25, 0.3) is 0 Å². The summed E-state index contributed by atoms with van der Waals surface area (Å²) < 4.78 is 0. The second kappa shape index (κ2) is 4.83. The number of rotatable bonds is 3. The Balaban J connectivity index is 2.34. The first-order chi connectivity index (χ1) is 5.75. The van der Waals surface area contributed by atoms with Crippen molar-refractivity contribution in [2.75, 3.05) is 19.6 Å². The summed E-state index contributed by atoms with van der Waals surface area (Å²) >= 11 is 0. The molecule has 1 aliphatic rings. The van der Waals surface area contributed by atoms with E-state index in [-0.39, 0.29) is 0 Å². The molecule has 1 heterocycles. The van der Waals surface area contributed by atoms with Gasteiger partial charge in [0.2, 0.25) is 0 Å². The highest BCUT2D eigenvalue weighted by atomic mass is 15.2. The first kappa shape index (κ1) is 10.0. The lowest BCUT2D eigenvalue weighted by Crippen LogP contribution is -2.52. The molecule has 71 valence electrons. The lowest BCUT2D eigenvalue weighted by Gasteiger charge is -2.38. The maximum Gasteiger partial charge on any atom is 0.0287 e. The summed E-state index contributed by atoms with van der Waals surface area (Å²) in [6, 6.07) is 1.33. The predicted molar refractivity (Wildman–Crippen MR) is 52.4 cm³/mol. The third kappa shape index (κ3) is 2.46. The molecule has 0 aliphatic carbocycles. The fraction of sp³-hybridized carbons (Fsp3) is 1.00. The molecule has 1 aliphatic heterocycles. The van der Waals surface area contributed by atoms with Crippen LogP contribution in [0.25, 0.3) is 0 Å². The van der Waals surface area contributed by atoms with E-state index in [1.54, 1.807) is 0 Å². The zero-order valence-electron chi connectivity index (χ0n) is 8.58. The Bertz CT molecular complexity index is 115. The average Bonchev–Trinajstić information content (AvgIpc) is 2.04. The van der Waals surface area contributed by atoms with Crippen LogP contribution in [0.3, 0.4) is 0 Å². The zero-order chi connectivity index (χ0) is 8.97. The fourth-order valence-corrected chi connectivity index (χ4v) is 1.87. The molecule has 0 spiro atoms. The van der Waals surface area contributed by atoms with Crippen LogP contribution in [0.15, 0.2) is 0 Å². The zero-order valence-corrected chi connectivity index (χ0v) is 8.58. The maximum atomic E-state index is 4.46. The lowest BCUT2D eigenvalue weighted by molar-refractivity contribution is 0.113. The highest BCUT2D eigenvalue weighted by Gasteiger charge is 2.23. The van der Waals surface area contributed by atoms with Gasteiger partial charge < -0.3 is 0 Å². The molecule has 1 saturated heterocycles. The van der Waals surface area contributed by atoms with E-state index in [4.69, 9.17) is 0 Å². The first-order valence-corrected chi connectivity index (χ1v) is 5.14. The maximum absolute atomic E-state index is 4.46. The van der Waals surface area contributed by atoms with Gasteiger partial charge in [-0.15, -0.1) is 0 Å². The summed E-state index contributed by atoms with van der Waals surface area (Å²) in [4.78, 5) is 2.59. The lowest BCUT2D eigenvalue weighted by atomic mass is 10.1. The molecule has 0 N–H and O–H groups in total. The van der Waals surface area contributed by atoms with Crippen molar-refractivity contribution in [3.8, 4) is 0 Å². The van der Waals surface area contributed by atoms with Crippen molar-refractivity contribution in [1.29, 1.82) is 0 Å². The summed E-state index contributed by atoms with van der Waals surface area (Å²) in [5, 5.41) is 4.46. The van der Waals surface area contributed by atoms with Crippen LogP contribution >= 0.6 is 0 Å². The largest absolute Gasteiger partial charge is 0.295 e. The fourth-order valence-electron chi connectivity index (χ4n) is 1.87. The van der Waals surface area contributed by atoms with Crippen LogP contribution in [0.5, 0.6) is 0 Å². The van der Waals surface area contributed by atoms with Gasteiger partial charge in [-0.25, -0.2) is 5.32 Å². The molecule has 0 aromatic rings. The molecule has 0 saturated carbocycles. The Hall–Kier alpha value is -0.0800. The van der Waals surface area contributed by atoms with Crippen LogP contribution in [0.2, 0.25) is 0 Å². The summed E-state index contributed by atoms with van der Waals surface area (Å²) in [6.45, 7) is 10.2. The second-order valence-electron chi connectivity index (χ2n) is 3.88. The average molecular weight is 169 g/mol. The van der Waals surface area contributed by atoms with Crippen LogP contribution in [0.1, 0.15) is 33.6 Å². The molecule has 1 fully saturated rings. The van der Waals surface area contributed by atoms with E-state index in [0.717, 1.165) is 13.1 Å². The van der Waals surface area contributed by atoms with Crippen LogP contribution in [-0.4, -0.2) is 36.6 Å². The minimum absolute atomic E-state index is 0.667. The second-order valence-corrected chi connectivity index (χ2v) is 3.88. The van der Waals surface area contributed by atoms with Crippen LogP contribution in [0.4, 0.5) is 0 Å². The Labute approximate surface area is 76.3 Å². The van der Waals surface area contributed by atoms with Gasteiger partial charge in [0.15, 0.2) is 0 Å². The SMILES string of the molecule is CCCCN1C(C)C[N]CC1C. The number of hydrogen-bond acceptors (Lipinski definition) is 1. The minimum atomic E-state index is 0.667. The minimum Gasteiger partial charge on any atom is -0.295 e. The molecule has 2 atom stereocenters. The normalized spacial score (nSPS) is 32.2. The number of unbranched alkanes of at least 4 members (excludes halogenated alkanes) is 1. The molecule has 2 unspecified atom stereocenters. The molecular weight excluding hydrogens is 148 g/mol. The standard InChI is InChI=1S/C10H21N2/c1-4-5-6-12-9(2)7-11-8-10(12)3/h9-10H,4-8H2,1-3H3. The Kier molecular flexibility index (Phi) is 4.02. The predicted octanol–water partition coefficient (Wildman–Crippen LogP) is 1.48. The summed E-state index contributed by atoms with van der Waals surface area (Å²) in [7, 11) is 0. The van der Waals surface area contributed by atoms with E-state index in [9.17, 15) is 0 Å². The van der Waals surface area contributed by atoms with Gasteiger partial charge in [0.05, 0.1) is 0 Å². The molecular formula is C10H21N2. The summed E-state index contributed by atoms with van der Waals surface area (Å²) in [5.74, 6) is 0. The van der Waals surface area contributed by atoms with Gasteiger partial charge in [-0.1, -0.05) is 13.3 Å².